The van der Waals surface area contributed by atoms with Crippen molar-refractivity contribution in [1.82, 2.24) is 25.7 Å². The third-order valence-corrected chi connectivity index (χ3v) is 7.93. The number of carbonyl (C=O) groups excluding carboxylic acids is 3. The summed E-state index contributed by atoms with van der Waals surface area (Å²) in [5, 5.41) is 13.1. The van der Waals surface area contributed by atoms with Gasteiger partial charge in [-0.05, 0) is 61.9 Å². The van der Waals surface area contributed by atoms with E-state index in [9.17, 15) is 14.4 Å². The summed E-state index contributed by atoms with van der Waals surface area (Å²) in [6.45, 7) is 4.26. The Hall–Kier alpha value is -4.14. The quantitative estimate of drug-likeness (QED) is 0.255. The van der Waals surface area contributed by atoms with Crippen molar-refractivity contribution in [3.63, 3.8) is 0 Å². The van der Waals surface area contributed by atoms with Crippen molar-refractivity contribution < 1.29 is 14.4 Å². The van der Waals surface area contributed by atoms with Gasteiger partial charge in [0.1, 0.15) is 17.4 Å². The molecule has 2 aromatic carbocycles. The van der Waals surface area contributed by atoms with Crippen molar-refractivity contribution in [2.45, 2.75) is 83.8 Å². The van der Waals surface area contributed by atoms with Gasteiger partial charge in [-0.2, -0.15) is 5.10 Å². The number of nitrogens with zero attached hydrogens (tertiary/aromatic N) is 2. The molecule has 41 heavy (non-hydrogen) atoms. The molecule has 0 aliphatic heterocycles. The van der Waals surface area contributed by atoms with Crippen molar-refractivity contribution in [3.8, 4) is 5.69 Å². The monoisotopic (exact) mass is 558 g/mol. The largest absolute Gasteiger partial charge is 0.383 e. The molecule has 1 fully saturated rings. The van der Waals surface area contributed by atoms with Crippen LogP contribution in [0, 0.1) is 5.92 Å². The van der Waals surface area contributed by atoms with Crippen molar-refractivity contribution in [3.05, 3.63) is 77.5 Å². The summed E-state index contributed by atoms with van der Waals surface area (Å²) in [7, 11) is 0. The molecule has 1 heterocycles. The van der Waals surface area contributed by atoms with Gasteiger partial charge in [0.05, 0.1) is 11.9 Å². The summed E-state index contributed by atoms with van der Waals surface area (Å²) in [5.74, 6) is 0.139. The number of carbonyl (C=O) groups is 3. The lowest BCUT2D eigenvalue weighted by Gasteiger charge is -2.25. The minimum absolute atomic E-state index is 0.0501. The van der Waals surface area contributed by atoms with Gasteiger partial charge in [-0.3, -0.25) is 14.4 Å². The Labute approximate surface area is 242 Å². The third-order valence-electron chi connectivity index (χ3n) is 7.93. The molecule has 0 bridgehead atoms. The fourth-order valence-electron chi connectivity index (χ4n) is 5.19. The second-order valence-electron chi connectivity index (χ2n) is 11.0. The number of anilines is 1. The summed E-state index contributed by atoms with van der Waals surface area (Å²) in [5.41, 5.74) is 8.54. The number of nitrogen functional groups attached to an aromatic ring is 1. The lowest BCUT2D eigenvalue weighted by Crippen LogP contribution is -2.49. The van der Waals surface area contributed by atoms with Crippen molar-refractivity contribution in [2.24, 2.45) is 5.92 Å². The molecule has 9 nitrogen and oxygen atoms in total. The Bertz CT molecular complexity index is 1300. The maximum absolute atomic E-state index is 13.1. The first-order valence-corrected chi connectivity index (χ1v) is 14.7. The molecule has 1 unspecified atom stereocenters. The summed E-state index contributed by atoms with van der Waals surface area (Å²) < 4.78 is 1.52. The normalized spacial score (nSPS) is 15.1. The predicted octanol–water partition coefficient (Wildman–Crippen LogP) is 4.76. The number of amides is 3. The lowest BCUT2D eigenvalue weighted by atomic mass is 9.85. The standard InChI is InChI=1S/C32H42N6O3/c1-3-22(2)36-32(41)28(19-16-23-10-6-4-7-11-23)37-30(39)25-17-14-24(15-18-25)20-34-31(40)27-21-35-38(29(27)33)26-12-8-5-9-13-26/h5,8-9,12-15,17-18,21-23,28H,3-4,6-7,10-11,16,19-20,33H2,1-2H3,(H,34,40)(H,36,41)(H,37,39)/t22?,28-/m0/s1. The van der Waals surface area contributed by atoms with Crippen LogP contribution in [0.4, 0.5) is 5.82 Å². The Morgan fingerprint density at radius 2 is 1.68 bits per heavy atom. The molecule has 0 radical (unpaired) electrons. The van der Waals surface area contributed by atoms with Crippen LogP contribution in [-0.4, -0.2) is 39.6 Å². The lowest BCUT2D eigenvalue weighted by molar-refractivity contribution is -0.123. The van der Waals surface area contributed by atoms with E-state index in [1.165, 1.54) is 43.0 Å². The van der Waals surface area contributed by atoms with Gasteiger partial charge in [-0.1, -0.05) is 69.4 Å². The average Bonchev–Trinajstić information content (AvgIpc) is 3.40. The highest BCUT2D eigenvalue weighted by molar-refractivity contribution is 5.99. The first kappa shape index (κ1) is 29.8. The van der Waals surface area contributed by atoms with E-state index in [0.29, 0.717) is 23.5 Å². The first-order valence-electron chi connectivity index (χ1n) is 14.7. The van der Waals surface area contributed by atoms with E-state index in [1.54, 1.807) is 24.3 Å². The highest BCUT2D eigenvalue weighted by Gasteiger charge is 2.24. The molecule has 2 atom stereocenters. The van der Waals surface area contributed by atoms with Crippen LogP contribution in [0.3, 0.4) is 0 Å². The van der Waals surface area contributed by atoms with Gasteiger partial charge in [-0.15, -0.1) is 0 Å². The smallest absolute Gasteiger partial charge is 0.256 e. The van der Waals surface area contributed by atoms with Crippen LogP contribution in [0.5, 0.6) is 0 Å². The number of aromatic nitrogens is 2. The minimum Gasteiger partial charge on any atom is -0.383 e. The fraction of sp³-hybridized carbons (Fsp3) is 0.438. The average molecular weight is 559 g/mol. The van der Waals surface area contributed by atoms with Gasteiger partial charge < -0.3 is 21.7 Å². The molecule has 1 saturated carbocycles. The Kier molecular flexibility index (Phi) is 10.5. The molecule has 0 spiro atoms. The van der Waals surface area contributed by atoms with Gasteiger partial charge in [0.15, 0.2) is 0 Å². The van der Waals surface area contributed by atoms with E-state index in [-0.39, 0.29) is 36.1 Å². The number of hydrogen-bond acceptors (Lipinski definition) is 5. The van der Waals surface area contributed by atoms with Gasteiger partial charge in [0.2, 0.25) is 5.91 Å². The summed E-state index contributed by atoms with van der Waals surface area (Å²) >= 11 is 0. The SMILES string of the molecule is CCC(C)NC(=O)[C@H](CCC1CCCCC1)NC(=O)c1ccc(CNC(=O)c2cnn(-c3ccccc3)c2N)cc1. The number of nitrogens with one attached hydrogen (secondary N) is 3. The van der Waals surface area contributed by atoms with Gasteiger partial charge in [0, 0.05) is 18.2 Å². The Balaban J connectivity index is 1.33. The molecule has 0 saturated heterocycles. The van der Waals surface area contributed by atoms with E-state index >= 15 is 0 Å². The van der Waals surface area contributed by atoms with Crippen molar-refractivity contribution >= 4 is 23.5 Å². The van der Waals surface area contributed by atoms with Gasteiger partial charge in [0.25, 0.3) is 11.8 Å². The second kappa shape index (κ2) is 14.5. The molecule has 1 aromatic heterocycles. The molecule has 3 aromatic rings. The summed E-state index contributed by atoms with van der Waals surface area (Å²) in [4.78, 5) is 38.9. The summed E-state index contributed by atoms with van der Waals surface area (Å²) in [6, 6.07) is 15.9. The summed E-state index contributed by atoms with van der Waals surface area (Å²) in [6.07, 6.45) is 10.0. The maximum atomic E-state index is 13.1. The van der Waals surface area contributed by atoms with E-state index < -0.39 is 6.04 Å². The Morgan fingerprint density at radius 3 is 2.37 bits per heavy atom. The molecule has 3 amide bonds. The predicted molar refractivity (Wildman–Crippen MR) is 161 cm³/mol. The zero-order chi connectivity index (χ0) is 29.2. The van der Waals surface area contributed by atoms with Crippen LogP contribution in [-0.2, 0) is 11.3 Å². The van der Waals surface area contributed by atoms with E-state index in [2.05, 4.69) is 21.0 Å². The topological polar surface area (TPSA) is 131 Å². The van der Waals surface area contributed by atoms with Crippen LogP contribution in [0.25, 0.3) is 5.69 Å². The van der Waals surface area contributed by atoms with E-state index in [1.807, 2.05) is 44.2 Å². The van der Waals surface area contributed by atoms with Crippen LogP contribution >= 0.6 is 0 Å². The molecule has 1 aliphatic carbocycles. The highest BCUT2D eigenvalue weighted by Crippen LogP contribution is 2.28. The Morgan fingerprint density at radius 1 is 0.976 bits per heavy atom. The second-order valence-corrected chi connectivity index (χ2v) is 11.0. The van der Waals surface area contributed by atoms with Crippen LogP contribution in [0.15, 0.2) is 60.8 Å². The number of rotatable bonds is 12. The molecule has 5 N–H and O–H groups in total. The highest BCUT2D eigenvalue weighted by atomic mass is 16.2. The molecular formula is C32H42N6O3. The van der Waals surface area contributed by atoms with Crippen LogP contribution < -0.4 is 21.7 Å². The third kappa shape index (κ3) is 8.19. The molecular weight excluding hydrogens is 516 g/mol. The van der Waals surface area contributed by atoms with E-state index in [0.717, 1.165) is 24.1 Å². The number of benzene rings is 2. The van der Waals surface area contributed by atoms with Crippen LogP contribution in [0.2, 0.25) is 0 Å². The molecule has 1 aliphatic rings. The van der Waals surface area contributed by atoms with Crippen molar-refractivity contribution in [1.29, 1.82) is 0 Å². The minimum atomic E-state index is -0.570. The number of hydrogen-bond donors (Lipinski definition) is 4. The van der Waals surface area contributed by atoms with Crippen LogP contribution in [0.1, 0.15) is 91.5 Å². The molecule has 4 rings (SSSR count). The van der Waals surface area contributed by atoms with E-state index in [4.69, 9.17) is 5.73 Å². The molecule has 9 heteroatoms. The number of para-hydroxylation sites is 1. The zero-order valence-electron chi connectivity index (χ0n) is 24.1. The van der Waals surface area contributed by atoms with Crippen molar-refractivity contribution in [2.75, 3.05) is 5.73 Å². The maximum Gasteiger partial charge on any atom is 0.256 e. The molecule has 218 valence electrons. The zero-order valence-corrected chi connectivity index (χ0v) is 24.1. The fourth-order valence-corrected chi connectivity index (χ4v) is 5.19. The number of nitrogens with two attached hydrogens (primary N) is 1. The van der Waals surface area contributed by atoms with Gasteiger partial charge >= 0.3 is 0 Å². The van der Waals surface area contributed by atoms with Gasteiger partial charge in [-0.25, -0.2) is 4.68 Å². The first-order chi connectivity index (χ1) is 19.9.